The molecule has 3 rings (SSSR count). The summed E-state index contributed by atoms with van der Waals surface area (Å²) in [6, 6.07) is 20.1. The van der Waals surface area contributed by atoms with E-state index in [0.717, 1.165) is 17.2 Å². The Morgan fingerprint density at radius 2 is 1.75 bits per heavy atom. The lowest BCUT2D eigenvalue weighted by Gasteiger charge is -2.30. The number of nitrogens with one attached hydrogen (secondary N) is 1. The Morgan fingerprint density at radius 1 is 1.08 bits per heavy atom. The molecule has 1 N–H and O–H groups in total. The molecule has 0 aliphatic rings. The summed E-state index contributed by atoms with van der Waals surface area (Å²) in [6.45, 7) is 4.68. The van der Waals surface area contributed by atoms with Crippen LogP contribution in [0.4, 0.5) is 4.39 Å². The van der Waals surface area contributed by atoms with Crippen molar-refractivity contribution >= 4 is 35.1 Å². The number of rotatable bonds is 8. The topological polar surface area (TPSA) is 79.2 Å². The van der Waals surface area contributed by atoms with Gasteiger partial charge in [-0.3, -0.25) is 4.79 Å². The molecule has 8 heteroatoms. The van der Waals surface area contributed by atoms with Gasteiger partial charge in [-0.05, 0) is 74.7 Å². The Kier molecular flexibility index (Phi) is 8.73. The van der Waals surface area contributed by atoms with Gasteiger partial charge >= 0.3 is 5.97 Å². The number of halogens is 3. The van der Waals surface area contributed by atoms with E-state index in [-0.39, 0.29) is 10.9 Å². The number of carbonyl (C=O) groups excluding carboxylic acids is 2. The SMILES string of the molecule is CC(NC(=O)C(C)(C)OC(=O)c1c(F)cccc1Cl)C(Cc1ccc(Cl)cc1)c1cccc(C#N)c1. The maximum absolute atomic E-state index is 14.2. The highest BCUT2D eigenvalue weighted by molar-refractivity contribution is 6.33. The molecule has 36 heavy (non-hydrogen) atoms. The zero-order valence-electron chi connectivity index (χ0n) is 20.0. The maximum atomic E-state index is 14.2. The summed E-state index contributed by atoms with van der Waals surface area (Å²) in [5.74, 6) is -2.65. The van der Waals surface area contributed by atoms with Gasteiger partial charge in [0.05, 0.1) is 16.7 Å². The first-order valence-electron chi connectivity index (χ1n) is 11.2. The average Bonchev–Trinajstić information content (AvgIpc) is 2.83. The van der Waals surface area contributed by atoms with Crippen LogP contribution >= 0.6 is 23.2 Å². The van der Waals surface area contributed by atoms with Gasteiger partial charge < -0.3 is 10.1 Å². The summed E-state index contributed by atoms with van der Waals surface area (Å²) in [4.78, 5) is 25.8. The van der Waals surface area contributed by atoms with Crippen molar-refractivity contribution in [1.29, 1.82) is 5.26 Å². The third-order valence-electron chi connectivity index (χ3n) is 5.84. The van der Waals surface area contributed by atoms with E-state index in [4.69, 9.17) is 27.9 Å². The molecule has 0 fully saturated rings. The Bertz CT molecular complexity index is 1280. The molecule has 2 unspecified atom stereocenters. The first-order valence-corrected chi connectivity index (χ1v) is 12.0. The molecule has 3 aromatic rings. The maximum Gasteiger partial charge on any atom is 0.343 e. The van der Waals surface area contributed by atoms with Crippen LogP contribution in [0.5, 0.6) is 0 Å². The molecule has 0 saturated heterocycles. The number of carbonyl (C=O) groups is 2. The molecule has 0 saturated carbocycles. The molecule has 0 bridgehead atoms. The molecule has 0 aromatic heterocycles. The fourth-order valence-corrected chi connectivity index (χ4v) is 4.17. The van der Waals surface area contributed by atoms with E-state index in [1.165, 1.54) is 26.0 Å². The number of nitrogens with zero attached hydrogens (tertiary/aromatic N) is 1. The van der Waals surface area contributed by atoms with Crippen molar-refractivity contribution in [2.24, 2.45) is 0 Å². The number of ether oxygens (including phenoxy) is 1. The average molecular weight is 527 g/mol. The van der Waals surface area contributed by atoms with Gasteiger partial charge in [0.2, 0.25) is 0 Å². The van der Waals surface area contributed by atoms with Crippen LogP contribution in [0.15, 0.2) is 66.7 Å². The Labute approximate surface area is 219 Å². The van der Waals surface area contributed by atoms with Gasteiger partial charge in [0.25, 0.3) is 5.91 Å². The van der Waals surface area contributed by atoms with Crippen LogP contribution in [0.2, 0.25) is 10.0 Å². The van der Waals surface area contributed by atoms with E-state index < -0.39 is 34.9 Å². The number of hydrogen-bond donors (Lipinski definition) is 1. The molecule has 2 atom stereocenters. The number of benzene rings is 3. The van der Waals surface area contributed by atoms with E-state index in [1.807, 2.05) is 25.1 Å². The molecule has 0 aliphatic carbocycles. The fourth-order valence-electron chi connectivity index (χ4n) is 3.80. The monoisotopic (exact) mass is 526 g/mol. The third kappa shape index (κ3) is 6.63. The highest BCUT2D eigenvalue weighted by Crippen LogP contribution is 2.28. The number of nitriles is 1. The van der Waals surface area contributed by atoms with Crippen LogP contribution < -0.4 is 5.32 Å². The van der Waals surface area contributed by atoms with Crippen molar-refractivity contribution in [1.82, 2.24) is 5.32 Å². The van der Waals surface area contributed by atoms with Gasteiger partial charge in [-0.1, -0.05) is 53.5 Å². The Morgan fingerprint density at radius 3 is 2.39 bits per heavy atom. The molecule has 5 nitrogen and oxygen atoms in total. The van der Waals surface area contributed by atoms with Gasteiger partial charge in [0, 0.05) is 17.0 Å². The van der Waals surface area contributed by atoms with Crippen molar-refractivity contribution in [3.63, 3.8) is 0 Å². The van der Waals surface area contributed by atoms with E-state index >= 15 is 0 Å². The first-order chi connectivity index (χ1) is 17.0. The number of esters is 1. The lowest BCUT2D eigenvalue weighted by Crippen LogP contribution is -2.50. The predicted octanol–water partition coefficient (Wildman–Crippen LogP) is 6.47. The molecule has 3 aromatic carbocycles. The van der Waals surface area contributed by atoms with Crippen molar-refractivity contribution in [3.05, 3.63) is 105 Å². The number of hydrogen-bond acceptors (Lipinski definition) is 4. The van der Waals surface area contributed by atoms with Crippen LogP contribution in [-0.4, -0.2) is 23.5 Å². The highest BCUT2D eigenvalue weighted by atomic mass is 35.5. The van der Waals surface area contributed by atoms with Crippen molar-refractivity contribution in [3.8, 4) is 6.07 Å². The quantitative estimate of drug-likeness (QED) is 0.341. The summed E-state index contributed by atoms with van der Waals surface area (Å²) >= 11 is 12.0. The zero-order chi connectivity index (χ0) is 26.5. The Balaban J connectivity index is 1.82. The van der Waals surface area contributed by atoms with Crippen molar-refractivity contribution in [2.45, 2.75) is 44.8 Å². The first kappa shape index (κ1) is 27.2. The highest BCUT2D eigenvalue weighted by Gasteiger charge is 2.36. The summed E-state index contributed by atoms with van der Waals surface area (Å²) in [5, 5.41) is 12.8. The smallest absolute Gasteiger partial charge is 0.343 e. The van der Waals surface area contributed by atoms with Gasteiger partial charge in [-0.25, -0.2) is 9.18 Å². The normalized spacial score (nSPS) is 12.8. The van der Waals surface area contributed by atoms with Crippen molar-refractivity contribution < 1.29 is 18.7 Å². The van der Waals surface area contributed by atoms with Crippen LogP contribution in [-0.2, 0) is 16.0 Å². The van der Waals surface area contributed by atoms with Gasteiger partial charge in [-0.15, -0.1) is 0 Å². The minimum atomic E-state index is -1.61. The lowest BCUT2D eigenvalue weighted by atomic mass is 9.85. The largest absolute Gasteiger partial charge is 0.446 e. The molecular weight excluding hydrogens is 502 g/mol. The lowest BCUT2D eigenvalue weighted by molar-refractivity contribution is -0.138. The summed E-state index contributed by atoms with van der Waals surface area (Å²) < 4.78 is 19.5. The fraction of sp³-hybridized carbons (Fsp3) is 0.250. The molecule has 0 heterocycles. The minimum absolute atomic E-state index is 0.107. The van der Waals surface area contributed by atoms with Crippen LogP contribution in [0.1, 0.15) is 53.7 Å². The van der Waals surface area contributed by atoms with Gasteiger partial charge in [0.1, 0.15) is 11.4 Å². The summed E-state index contributed by atoms with van der Waals surface area (Å²) in [5.41, 5.74) is 0.318. The Hall–Kier alpha value is -3.40. The van der Waals surface area contributed by atoms with E-state index in [1.54, 1.807) is 30.3 Å². The van der Waals surface area contributed by atoms with Crippen molar-refractivity contribution in [2.75, 3.05) is 0 Å². The van der Waals surface area contributed by atoms with E-state index in [2.05, 4.69) is 11.4 Å². The molecule has 0 aliphatic heterocycles. The molecule has 0 spiro atoms. The molecular formula is C28H25Cl2FN2O3. The molecule has 1 amide bonds. The summed E-state index contributed by atoms with van der Waals surface area (Å²) in [7, 11) is 0. The van der Waals surface area contributed by atoms with E-state index in [9.17, 15) is 19.2 Å². The zero-order valence-corrected chi connectivity index (χ0v) is 21.5. The standard InChI is InChI=1S/C28H25Cl2FN2O3/c1-17(33-27(35)28(2,3)36-26(34)25-23(30)8-5-9-24(25)31)22(15-18-10-12-21(29)13-11-18)20-7-4-6-19(14-20)16-32/h4-14,17,22H,15H2,1-3H3,(H,33,35). The van der Waals surface area contributed by atoms with E-state index in [0.29, 0.717) is 17.0 Å². The molecule has 0 radical (unpaired) electrons. The van der Waals surface area contributed by atoms with Crippen LogP contribution in [0.25, 0.3) is 0 Å². The van der Waals surface area contributed by atoms with Crippen LogP contribution in [0.3, 0.4) is 0 Å². The second-order valence-electron chi connectivity index (χ2n) is 8.93. The van der Waals surface area contributed by atoms with Crippen LogP contribution in [0, 0.1) is 17.1 Å². The number of amides is 1. The molecule has 186 valence electrons. The van der Waals surface area contributed by atoms with Gasteiger partial charge in [-0.2, -0.15) is 5.26 Å². The predicted molar refractivity (Wildman–Crippen MR) is 138 cm³/mol. The van der Waals surface area contributed by atoms with Gasteiger partial charge in [0.15, 0.2) is 5.60 Å². The second-order valence-corrected chi connectivity index (χ2v) is 9.78. The summed E-state index contributed by atoms with van der Waals surface area (Å²) in [6.07, 6.45) is 0.554. The second kappa shape index (κ2) is 11.6. The minimum Gasteiger partial charge on any atom is -0.446 e. The third-order valence-corrected chi connectivity index (χ3v) is 6.40.